The molecule has 1 aliphatic heterocycles. The van der Waals surface area contributed by atoms with Crippen LogP contribution in [0.2, 0.25) is 0 Å². The number of aryl methyl sites for hydroxylation is 1. The number of hydrogen-bond acceptors (Lipinski definition) is 7. The second-order valence-corrected chi connectivity index (χ2v) is 10.8. The summed E-state index contributed by atoms with van der Waals surface area (Å²) in [5.74, 6) is -0.100. The van der Waals surface area contributed by atoms with Crippen LogP contribution in [0.1, 0.15) is 72.4 Å². The van der Waals surface area contributed by atoms with E-state index in [1.165, 1.54) is 13.2 Å². The number of rotatable bonds is 10. The smallest absolute Gasteiger partial charge is 0.255 e. The molecule has 39 heavy (non-hydrogen) atoms. The second-order valence-electron chi connectivity index (χ2n) is 10.8. The first-order valence-corrected chi connectivity index (χ1v) is 13.7. The lowest BCUT2D eigenvalue weighted by Gasteiger charge is -2.31. The molecule has 2 fully saturated rings. The van der Waals surface area contributed by atoms with E-state index in [-0.39, 0.29) is 23.2 Å². The molecule has 1 saturated heterocycles. The second kappa shape index (κ2) is 11.1. The van der Waals surface area contributed by atoms with Gasteiger partial charge in [-0.15, -0.1) is 0 Å². The first-order chi connectivity index (χ1) is 18.8. The molecule has 208 valence electrons. The van der Waals surface area contributed by atoms with Gasteiger partial charge in [-0.05, 0) is 63.4 Å². The van der Waals surface area contributed by atoms with Crippen molar-refractivity contribution in [2.24, 2.45) is 0 Å². The number of aromatic nitrogens is 2. The van der Waals surface area contributed by atoms with Gasteiger partial charge in [0.2, 0.25) is 0 Å². The average Bonchev–Trinajstić information content (AvgIpc) is 3.69. The molecule has 3 heterocycles. The van der Waals surface area contributed by atoms with E-state index in [4.69, 9.17) is 19.4 Å². The molecule has 1 amide bonds. The predicted octanol–water partition coefficient (Wildman–Crippen LogP) is 4.66. The van der Waals surface area contributed by atoms with Crippen LogP contribution in [0, 0.1) is 12.7 Å². The van der Waals surface area contributed by atoms with Crippen molar-refractivity contribution in [2.45, 2.75) is 57.5 Å². The van der Waals surface area contributed by atoms with Gasteiger partial charge in [-0.25, -0.2) is 4.39 Å². The van der Waals surface area contributed by atoms with Gasteiger partial charge in [-0.1, -0.05) is 13.0 Å². The number of fused-ring (bicyclic) bond motifs is 1. The number of carbonyl (C=O) groups excluding carboxylic acids is 1. The van der Waals surface area contributed by atoms with Crippen LogP contribution in [0.4, 0.5) is 10.1 Å². The molecule has 2 aromatic heterocycles. The van der Waals surface area contributed by atoms with Gasteiger partial charge < -0.3 is 25.0 Å². The number of likely N-dealkylation sites (N-methyl/N-ethyl adjacent to an activating group) is 1. The molecule has 5 rings (SSSR count). The topological polar surface area (TPSA) is 88.6 Å². The van der Waals surface area contributed by atoms with Crippen molar-refractivity contribution >= 4 is 22.5 Å². The third-order valence-corrected chi connectivity index (χ3v) is 7.85. The van der Waals surface area contributed by atoms with Crippen molar-refractivity contribution in [1.82, 2.24) is 20.6 Å². The Bertz CT molecular complexity index is 1370. The number of nitrogens with zero attached hydrogens (tertiary/aromatic N) is 3. The van der Waals surface area contributed by atoms with E-state index >= 15 is 0 Å². The molecule has 1 aliphatic carbocycles. The van der Waals surface area contributed by atoms with Crippen LogP contribution in [0.3, 0.4) is 0 Å². The van der Waals surface area contributed by atoms with Crippen LogP contribution < -0.4 is 20.3 Å². The number of methoxy groups -OCH3 is 2. The maximum absolute atomic E-state index is 14.0. The molecule has 2 N–H and O–H groups in total. The summed E-state index contributed by atoms with van der Waals surface area (Å²) < 4.78 is 24.7. The molecule has 8 nitrogen and oxygen atoms in total. The minimum absolute atomic E-state index is 0.146. The highest BCUT2D eigenvalue weighted by molar-refractivity contribution is 6.08. The molecule has 2 aliphatic rings. The fourth-order valence-corrected chi connectivity index (χ4v) is 5.82. The van der Waals surface area contributed by atoms with Gasteiger partial charge in [-0.3, -0.25) is 14.8 Å². The number of hydrogen-bond donors (Lipinski definition) is 2. The lowest BCUT2D eigenvalue weighted by atomic mass is 9.99. The summed E-state index contributed by atoms with van der Waals surface area (Å²) >= 11 is 0. The van der Waals surface area contributed by atoms with E-state index in [0.717, 1.165) is 65.9 Å². The van der Waals surface area contributed by atoms with Gasteiger partial charge in [0.15, 0.2) is 11.6 Å². The van der Waals surface area contributed by atoms with Crippen LogP contribution in [0.5, 0.6) is 5.75 Å². The van der Waals surface area contributed by atoms with Gasteiger partial charge >= 0.3 is 0 Å². The Hall–Kier alpha value is -3.30. The largest absolute Gasteiger partial charge is 0.494 e. The van der Waals surface area contributed by atoms with Gasteiger partial charge in [0.05, 0.1) is 47.8 Å². The Morgan fingerprint density at radius 3 is 2.77 bits per heavy atom. The number of benzene rings is 1. The molecule has 1 saturated carbocycles. The lowest BCUT2D eigenvalue weighted by Crippen LogP contribution is -2.51. The zero-order chi connectivity index (χ0) is 27.7. The molecule has 2 atom stereocenters. The van der Waals surface area contributed by atoms with Gasteiger partial charge in [0.25, 0.3) is 5.91 Å². The number of amides is 1. The predicted molar refractivity (Wildman–Crippen MR) is 150 cm³/mol. The molecule has 0 radical (unpaired) electrons. The summed E-state index contributed by atoms with van der Waals surface area (Å²) in [4.78, 5) is 25.8. The van der Waals surface area contributed by atoms with Crippen molar-refractivity contribution in [3.63, 3.8) is 0 Å². The standard InChI is InChI=1S/C30H38FN5O3/c1-6-33-30(17-38-4)11-12-36(16-30)28-22-13-18(2)34-26(20-7-8-20)27(22)32-15-23(28)29(37)35-19(3)21-9-10-24(31)25(14-21)39-5/h9-10,13-15,19-20,33H,6-8,11-12,16-17H2,1-5H3,(H,35,37)/t19-,30?/m0/s1. The first-order valence-electron chi connectivity index (χ1n) is 13.7. The van der Waals surface area contributed by atoms with E-state index in [1.54, 1.807) is 25.4 Å². The van der Waals surface area contributed by atoms with E-state index in [2.05, 4.69) is 28.5 Å². The summed E-state index contributed by atoms with van der Waals surface area (Å²) in [6.07, 6.45) is 4.82. The molecule has 1 aromatic carbocycles. The quantitative estimate of drug-likeness (QED) is 0.390. The number of ether oxygens (including phenoxy) is 2. The molecular weight excluding hydrogens is 497 g/mol. The van der Waals surface area contributed by atoms with Crippen LogP contribution in [-0.2, 0) is 4.74 Å². The van der Waals surface area contributed by atoms with E-state index in [0.29, 0.717) is 24.6 Å². The highest BCUT2D eigenvalue weighted by Crippen LogP contribution is 2.44. The minimum atomic E-state index is -0.439. The molecule has 9 heteroatoms. The van der Waals surface area contributed by atoms with Crippen molar-refractivity contribution in [2.75, 3.05) is 45.4 Å². The van der Waals surface area contributed by atoms with Gasteiger partial charge in [0, 0.05) is 43.4 Å². The maximum Gasteiger partial charge on any atom is 0.255 e. The van der Waals surface area contributed by atoms with Gasteiger partial charge in [0.1, 0.15) is 0 Å². The van der Waals surface area contributed by atoms with Crippen molar-refractivity contribution in [3.05, 3.63) is 58.8 Å². The summed E-state index contributed by atoms with van der Waals surface area (Å²) in [6.45, 7) is 8.88. The average molecular weight is 536 g/mol. The lowest BCUT2D eigenvalue weighted by molar-refractivity contribution is 0.0940. The van der Waals surface area contributed by atoms with E-state index < -0.39 is 5.82 Å². The monoisotopic (exact) mass is 535 g/mol. The Labute approximate surface area is 229 Å². The normalized spacial score (nSPS) is 19.9. The molecule has 1 unspecified atom stereocenters. The number of carbonyl (C=O) groups is 1. The van der Waals surface area contributed by atoms with Gasteiger partial charge in [-0.2, -0.15) is 0 Å². The summed E-state index contributed by atoms with van der Waals surface area (Å²) in [5, 5.41) is 7.70. The Morgan fingerprint density at radius 2 is 2.08 bits per heavy atom. The zero-order valence-corrected chi connectivity index (χ0v) is 23.4. The van der Waals surface area contributed by atoms with Crippen molar-refractivity contribution in [3.8, 4) is 5.75 Å². The molecule has 0 spiro atoms. The highest BCUT2D eigenvalue weighted by Gasteiger charge is 2.40. The Morgan fingerprint density at radius 1 is 1.28 bits per heavy atom. The fraction of sp³-hybridized carbons (Fsp3) is 0.500. The van der Waals surface area contributed by atoms with Crippen LogP contribution in [0.25, 0.3) is 10.9 Å². The zero-order valence-electron chi connectivity index (χ0n) is 23.4. The van der Waals surface area contributed by atoms with Crippen LogP contribution >= 0.6 is 0 Å². The summed E-state index contributed by atoms with van der Waals surface area (Å²) in [6, 6.07) is 6.32. The Balaban J connectivity index is 1.56. The number of halogens is 1. The number of pyridine rings is 2. The van der Waals surface area contributed by atoms with E-state index in [9.17, 15) is 9.18 Å². The SMILES string of the molecule is CCNC1(COC)CCN(c2c(C(=O)N[C@@H](C)c3ccc(F)c(OC)c3)cnc3c(C4CC4)nc(C)cc23)C1. The number of anilines is 1. The highest BCUT2D eigenvalue weighted by atomic mass is 19.1. The molecule has 0 bridgehead atoms. The van der Waals surface area contributed by atoms with Crippen LogP contribution in [-0.4, -0.2) is 61.9 Å². The van der Waals surface area contributed by atoms with Crippen molar-refractivity contribution < 1.29 is 18.7 Å². The number of nitrogens with one attached hydrogen (secondary N) is 2. The maximum atomic E-state index is 14.0. The van der Waals surface area contributed by atoms with E-state index in [1.807, 2.05) is 13.8 Å². The fourth-order valence-electron chi connectivity index (χ4n) is 5.82. The third kappa shape index (κ3) is 5.43. The summed E-state index contributed by atoms with van der Waals surface area (Å²) in [7, 11) is 3.16. The molecule has 3 aromatic rings. The summed E-state index contributed by atoms with van der Waals surface area (Å²) in [5.41, 5.74) is 4.76. The molecular formula is C30H38FN5O3. The Kier molecular flexibility index (Phi) is 7.73. The third-order valence-electron chi connectivity index (χ3n) is 7.85. The van der Waals surface area contributed by atoms with Crippen molar-refractivity contribution in [1.29, 1.82) is 0 Å². The minimum Gasteiger partial charge on any atom is -0.494 e. The first kappa shape index (κ1) is 27.3. The van der Waals surface area contributed by atoms with Crippen LogP contribution in [0.15, 0.2) is 30.5 Å².